The predicted molar refractivity (Wildman–Crippen MR) is 121 cm³/mol. The van der Waals surface area contributed by atoms with Crippen LogP contribution in [0.1, 0.15) is 24.4 Å². The van der Waals surface area contributed by atoms with Gasteiger partial charge in [-0.25, -0.2) is 4.68 Å². The van der Waals surface area contributed by atoms with Crippen molar-refractivity contribution in [3.05, 3.63) is 76.8 Å². The lowest BCUT2D eigenvalue weighted by Gasteiger charge is -2.21. The molecule has 9 heteroatoms. The molecule has 1 fully saturated rings. The summed E-state index contributed by atoms with van der Waals surface area (Å²) in [6, 6.07) is 16.1. The molecule has 0 spiro atoms. The Labute approximate surface area is 184 Å². The molecule has 4 aliphatic rings. The smallest absolute Gasteiger partial charge is 0.297 e. The molecular weight excluding hydrogens is 406 g/mol. The van der Waals surface area contributed by atoms with Gasteiger partial charge in [-0.05, 0) is 36.6 Å². The third kappa shape index (κ3) is 3.18. The number of para-hydroxylation sites is 1. The maximum atomic E-state index is 13.2. The lowest BCUT2D eigenvalue weighted by molar-refractivity contribution is 0.0540. The topological polar surface area (TPSA) is 89.2 Å². The van der Waals surface area contributed by atoms with Crippen LogP contribution >= 0.6 is 0 Å². The summed E-state index contributed by atoms with van der Waals surface area (Å²) in [5.41, 5.74) is 10.1. The zero-order valence-electron chi connectivity index (χ0n) is 17.4. The second-order valence-corrected chi connectivity index (χ2v) is 8.09. The first kappa shape index (κ1) is 18.9. The van der Waals surface area contributed by atoms with Crippen molar-refractivity contribution < 1.29 is 4.74 Å². The minimum atomic E-state index is -0.149. The van der Waals surface area contributed by atoms with E-state index in [-0.39, 0.29) is 11.6 Å². The monoisotopic (exact) mass is 429 g/mol. The first-order valence-corrected chi connectivity index (χ1v) is 10.8. The Kier molecular flexibility index (Phi) is 4.53. The van der Waals surface area contributed by atoms with Crippen molar-refractivity contribution in [3.8, 4) is 11.4 Å². The molecule has 0 bridgehead atoms. The molecule has 0 aliphatic carbocycles. The van der Waals surface area contributed by atoms with Crippen molar-refractivity contribution in [1.82, 2.24) is 30.4 Å². The van der Waals surface area contributed by atoms with Gasteiger partial charge in [-0.3, -0.25) is 20.3 Å². The highest BCUT2D eigenvalue weighted by Crippen LogP contribution is 2.28. The van der Waals surface area contributed by atoms with Gasteiger partial charge in [-0.2, -0.15) is 15.3 Å². The molecule has 0 radical (unpaired) electrons. The molecule has 1 atom stereocenters. The molecule has 4 heterocycles. The molecule has 4 aliphatic heterocycles. The molecule has 2 N–H and O–H groups in total. The first-order chi connectivity index (χ1) is 15.8. The second kappa shape index (κ2) is 7.69. The number of fused-ring (bicyclic) bond motifs is 3. The molecule has 0 amide bonds. The number of nitrogens with zero attached hydrogens (tertiary/aromatic N) is 5. The fourth-order valence-corrected chi connectivity index (χ4v) is 4.37. The highest BCUT2D eigenvalue weighted by molar-refractivity contribution is 5.92. The third-order valence-corrected chi connectivity index (χ3v) is 6.00. The van der Waals surface area contributed by atoms with Gasteiger partial charge in [0.15, 0.2) is 5.69 Å². The van der Waals surface area contributed by atoms with E-state index in [2.05, 4.69) is 23.0 Å². The molecule has 162 valence electrons. The molecule has 1 unspecified atom stereocenters. The number of ether oxygens (including phenoxy) is 1. The Morgan fingerprint density at radius 3 is 2.59 bits per heavy atom. The van der Waals surface area contributed by atoms with E-state index in [0.717, 1.165) is 41.6 Å². The molecule has 32 heavy (non-hydrogen) atoms. The van der Waals surface area contributed by atoms with Crippen molar-refractivity contribution in [2.75, 3.05) is 18.3 Å². The molecule has 2 aromatic rings. The minimum Gasteiger partial charge on any atom is -0.379 e. The van der Waals surface area contributed by atoms with Crippen LogP contribution in [0.3, 0.4) is 0 Å². The molecule has 0 aromatic heterocycles. The molecule has 6 rings (SSSR count). The standard InChI is InChI=1S/C23H23N7O2/c31-23-22-21(27-29(23)18-4-3-13-32-15-18)19-5-1-2-6-20(19)28(26-22)14-16-7-9-17(10-8-16)30-24-11-12-25-30/h1-2,5-12,18,24-25H,3-4,13-15H2. The van der Waals surface area contributed by atoms with Gasteiger partial charge in [0, 0.05) is 24.4 Å². The van der Waals surface area contributed by atoms with Crippen molar-refractivity contribution in [1.29, 1.82) is 0 Å². The molecule has 1 saturated heterocycles. The van der Waals surface area contributed by atoms with E-state index in [4.69, 9.17) is 14.9 Å². The maximum Gasteiger partial charge on any atom is 0.297 e. The number of hydrogen-bond acceptors (Lipinski definition) is 7. The van der Waals surface area contributed by atoms with Gasteiger partial charge in [-0.15, -0.1) is 0 Å². The van der Waals surface area contributed by atoms with Crippen LogP contribution in [0.5, 0.6) is 0 Å². The quantitative estimate of drug-likeness (QED) is 0.515. The van der Waals surface area contributed by atoms with E-state index in [9.17, 15) is 4.79 Å². The van der Waals surface area contributed by atoms with Gasteiger partial charge >= 0.3 is 0 Å². The fraction of sp³-hybridized carbons (Fsp3) is 0.261. The normalized spacial score (nSPS) is 18.2. The van der Waals surface area contributed by atoms with Crippen LogP contribution < -0.4 is 21.5 Å². The number of hydrazine groups is 2. The average Bonchev–Trinajstić information content (AvgIpc) is 3.49. The zero-order chi connectivity index (χ0) is 21.5. The lowest BCUT2D eigenvalue weighted by Crippen LogP contribution is -2.37. The molecule has 0 saturated carbocycles. The van der Waals surface area contributed by atoms with Gasteiger partial charge in [0.1, 0.15) is 5.69 Å². The first-order valence-electron chi connectivity index (χ1n) is 10.8. The van der Waals surface area contributed by atoms with Crippen LogP contribution in [0.4, 0.5) is 5.69 Å². The zero-order valence-corrected chi connectivity index (χ0v) is 17.4. The van der Waals surface area contributed by atoms with Crippen LogP contribution in [0.2, 0.25) is 0 Å². The van der Waals surface area contributed by atoms with Gasteiger partial charge < -0.3 is 4.74 Å². The maximum absolute atomic E-state index is 13.2. The van der Waals surface area contributed by atoms with E-state index in [1.165, 1.54) is 0 Å². The highest BCUT2D eigenvalue weighted by Gasteiger charge is 2.26. The summed E-state index contributed by atoms with van der Waals surface area (Å²) in [4.78, 5) is 13.2. The van der Waals surface area contributed by atoms with E-state index in [0.29, 0.717) is 24.5 Å². The summed E-state index contributed by atoms with van der Waals surface area (Å²) in [5, 5.41) is 12.2. The van der Waals surface area contributed by atoms with Crippen molar-refractivity contribution >= 4 is 16.6 Å². The van der Waals surface area contributed by atoms with Crippen LogP contribution in [-0.4, -0.2) is 32.8 Å². The van der Waals surface area contributed by atoms with Crippen LogP contribution in [-0.2, 0) is 11.3 Å². The number of rotatable bonds is 4. The van der Waals surface area contributed by atoms with Crippen molar-refractivity contribution in [2.24, 2.45) is 0 Å². The molecular formula is C23H23N7O2. The predicted octanol–water partition coefficient (Wildman–Crippen LogP) is 2.40. The minimum absolute atomic E-state index is 0.0347. The summed E-state index contributed by atoms with van der Waals surface area (Å²) >= 11 is 0. The lowest BCUT2D eigenvalue weighted by atomic mass is 10.1. The second-order valence-electron chi connectivity index (χ2n) is 8.09. The number of aromatic nitrogens is 4. The van der Waals surface area contributed by atoms with Gasteiger partial charge in [0.25, 0.3) is 5.56 Å². The summed E-state index contributed by atoms with van der Waals surface area (Å²) in [5.74, 6) is 0. The largest absolute Gasteiger partial charge is 0.379 e. The van der Waals surface area contributed by atoms with E-state index in [1.807, 2.05) is 58.6 Å². The summed E-state index contributed by atoms with van der Waals surface area (Å²) in [6.45, 7) is 1.81. The number of nitrogens with one attached hydrogen (secondary N) is 2. The number of benzene rings is 2. The van der Waals surface area contributed by atoms with E-state index >= 15 is 0 Å². The summed E-state index contributed by atoms with van der Waals surface area (Å²) in [7, 11) is 0. The Morgan fingerprint density at radius 2 is 1.81 bits per heavy atom. The number of hydrogen-bond donors (Lipinski definition) is 2. The summed E-state index contributed by atoms with van der Waals surface area (Å²) in [6.07, 6.45) is 5.48. The van der Waals surface area contributed by atoms with E-state index < -0.39 is 0 Å². The average molecular weight is 429 g/mol. The van der Waals surface area contributed by atoms with Gasteiger partial charge in [-0.1, -0.05) is 30.3 Å². The van der Waals surface area contributed by atoms with Crippen LogP contribution in [0.15, 0.2) is 65.7 Å². The summed E-state index contributed by atoms with van der Waals surface area (Å²) < 4.78 is 9.05. The molecule has 9 nitrogen and oxygen atoms in total. The SMILES string of the molecule is O=c1c2nn(Cc3ccc(N4NC=CN4)cc3)c3ccccc3c-2nn1C1CCCOC1. The Morgan fingerprint density at radius 1 is 1.00 bits per heavy atom. The third-order valence-electron chi connectivity index (χ3n) is 6.00. The van der Waals surface area contributed by atoms with Crippen molar-refractivity contribution in [2.45, 2.75) is 25.4 Å². The number of anilines is 1. The van der Waals surface area contributed by atoms with Crippen LogP contribution in [0, 0.1) is 0 Å². The Hall–Kier alpha value is -3.85. The van der Waals surface area contributed by atoms with Crippen molar-refractivity contribution in [3.63, 3.8) is 0 Å². The fourth-order valence-electron chi connectivity index (χ4n) is 4.37. The van der Waals surface area contributed by atoms with E-state index in [1.54, 1.807) is 4.68 Å². The highest BCUT2D eigenvalue weighted by atomic mass is 16.5. The Balaban J connectivity index is 1.40. The van der Waals surface area contributed by atoms with Gasteiger partial charge in [0.05, 0.1) is 30.4 Å². The van der Waals surface area contributed by atoms with Gasteiger partial charge in [0.2, 0.25) is 0 Å². The van der Waals surface area contributed by atoms with Crippen LogP contribution in [0.25, 0.3) is 22.3 Å². The Bertz CT molecular complexity index is 1310. The molecule has 2 aromatic carbocycles.